The molecular formula is C8H17NO2. The molecule has 1 fully saturated rings. The highest BCUT2D eigenvalue weighted by atomic mass is 16.5. The van der Waals surface area contributed by atoms with Crippen LogP contribution < -0.4 is 0 Å². The Morgan fingerprint density at radius 1 is 1.64 bits per heavy atom. The van der Waals surface area contributed by atoms with E-state index in [1.165, 1.54) is 0 Å². The van der Waals surface area contributed by atoms with Crippen LogP contribution in [0.3, 0.4) is 0 Å². The number of nitrogens with zero attached hydrogens (tertiary/aromatic N) is 1. The minimum absolute atomic E-state index is 0.330. The maximum atomic E-state index is 8.76. The Labute approximate surface area is 68.0 Å². The van der Waals surface area contributed by atoms with Crippen molar-refractivity contribution in [2.24, 2.45) is 5.92 Å². The Morgan fingerprint density at radius 2 is 2.27 bits per heavy atom. The largest absolute Gasteiger partial charge is 0.396 e. The number of rotatable bonds is 4. The van der Waals surface area contributed by atoms with Gasteiger partial charge in [-0.15, -0.1) is 0 Å². The van der Waals surface area contributed by atoms with Crippen molar-refractivity contribution in [2.75, 3.05) is 33.4 Å². The van der Waals surface area contributed by atoms with Gasteiger partial charge < -0.3 is 9.84 Å². The molecule has 3 nitrogen and oxygen atoms in total. The fraction of sp³-hybridized carbons (Fsp3) is 1.00. The van der Waals surface area contributed by atoms with E-state index in [-0.39, 0.29) is 0 Å². The van der Waals surface area contributed by atoms with E-state index >= 15 is 0 Å². The van der Waals surface area contributed by atoms with E-state index in [1.54, 1.807) is 7.11 Å². The first-order valence-electron chi connectivity index (χ1n) is 4.11. The van der Waals surface area contributed by atoms with E-state index in [1.807, 2.05) is 0 Å². The van der Waals surface area contributed by atoms with Gasteiger partial charge in [-0.25, -0.2) is 0 Å². The zero-order valence-corrected chi connectivity index (χ0v) is 7.29. The molecule has 1 atom stereocenters. The molecule has 66 valence electrons. The Kier molecular flexibility index (Phi) is 3.30. The molecule has 0 saturated carbocycles. The van der Waals surface area contributed by atoms with Gasteiger partial charge in [0.1, 0.15) is 0 Å². The molecule has 1 heterocycles. The number of hydrogen-bond acceptors (Lipinski definition) is 3. The first-order valence-corrected chi connectivity index (χ1v) is 4.11. The lowest BCUT2D eigenvalue weighted by Gasteiger charge is -2.42. The predicted molar refractivity (Wildman–Crippen MR) is 43.5 cm³/mol. The molecule has 0 aromatic rings. The monoisotopic (exact) mass is 159 g/mol. The van der Waals surface area contributed by atoms with Crippen LogP contribution in [0.25, 0.3) is 0 Å². The molecule has 11 heavy (non-hydrogen) atoms. The first-order chi connectivity index (χ1) is 5.27. The molecule has 0 spiro atoms. The molecule has 1 N–H and O–H groups in total. The molecule has 0 aromatic heterocycles. The van der Waals surface area contributed by atoms with Gasteiger partial charge >= 0.3 is 0 Å². The van der Waals surface area contributed by atoms with Crippen molar-refractivity contribution in [3.63, 3.8) is 0 Å². The topological polar surface area (TPSA) is 32.7 Å². The highest BCUT2D eigenvalue weighted by Crippen LogP contribution is 2.17. The average molecular weight is 159 g/mol. The Balaban J connectivity index is 2.10. The third kappa shape index (κ3) is 2.15. The predicted octanol–water partition coefficient (Wildman–Crippen LogP) is -0.0546. The van der Waals surface area contributed by atoms with E-state index in [0.717, 1.165) is 19.7 Å². The fourth-order valence-electron chi connectivity index (χ4n) is 1.43. The van der Waals surface area contributed by atoms with Crippen LogP contribution >= 0.6 is 0 Å². The van der Waals surface area contributed by atoms with Crippen LogP contribution in [0.4, 0.5) is 0 Å². The van der Waals surface area contributed by atoms with Crippen molar-refractivity contribution < 1.29 is 9.84 Å². The summed E-state index contributed by atoms with van der Waals surface area (Å²) in [4.78, 5) is 2.32. The van der Waals surface area contributed by atoms with E-state index in [4.69, 9.17) is 9.84 Å². The molecule has 0 bridgehead atoms. The van der Waals surface area contributed by atoms with Crippen molar-refractivity contribution in [1.29, 1.82) is 0 Å². The molecular weight excluding hydrogens is 142 g/mol. The Morgan fingerprint density at radius 3 is 2.73 bits per heavy atom. The number of likely N-dealkylation sites (tertiary alicyclic amines) is 1. The first kappa shape index (κ1) is 8.97. The Hall–Kier alpha value is -0.120. The lowest BCUT2D eigenvalue weighted by atomic mass is 9.99. The summed E-state index contributed by atoms with van der Waals surface area (Å²) in [5, 5.41) is 8.76. The zero-order chi connectivity index (χ0) is 8.27. The van der Waals surface area contributed by atoms with Crippen LogP contribution in [0, 0.1) is 5.92 Å². The maximum Gasteiger partial charge on any atom is 0.0615 e. The number of methoxy groups -OCH3 is 1. The molecule has 0 radical (unpaired) electrons. The van der Waals surface area contributed by atoms with Crippen molar-refractivity contribution in [1.82, 2.24) is 4.90 Å². The lowest BCUT2D eigenvalue weighted by molar-refractivity contribution is -0.00194. The van der Waals surface area contributed by atoms with Gasteiger partial charge in [0.2, 0.25) is 0 Å². The number of aliphatic hydroxyl groups excluding tert-OH is 1. The third-order valence-corrected chi connectivity index (χ3v) is 2.27. The van der Waals surface area contributed by atoms with Crippen LogP contribution in [0.5, 0.6) is 0 Å². The number of ether oxygens (including phenoxy) is 1. The summed E-state index contributed by atoms with van der Waals surface area (Å²) in [6, 6.07) is 0.503. The minimum atomic E-state index is 0.330. The second-order valence-corrected chi connectivity index (χ2v) is 3.31. The van der Waals surface area contributed by atoms with Crippen molar-refractivity contribution in [3.8, 4) is 0 Å². The van der Waals surface area contributed by atoms with Crippen molar-refractivity contribution in [3.05, 3.63) is 0 Å². The second-order valence-electron chi connectivity index (χ2n) is 3.31. The molecule has 1 rings (SSSR count). The van der Waals surface area contributed by atoms with Crippen LogP contribution in [-0.2, 0) is 4.74 Å². The van der Waals surface area contributed by atoms with E-state index in [2.05, 4.69) is 11.8 Å². The van der Waals surface area contributed by atoms with Crippen molar-refractivity contribution in [2.45, 2.75) is 13.0 Å². The molecule has 1 unspecified atom stereocenters. The summed E-state index contributed by atoms with van der Waals surface area (Å²) in [5.74, 6) is 0.509. The van der Waals surface area contributed by atoms with Gasteiger partial charge in [0.25, 0.3) is 0 Å². The van der Waals surface area contributed by atoms with Gasteiger partial charge in [0.15, 0.2) is 0 Å². The molecule has 0 aromatic carbocycles. The fourth-order valence-corrected chi connectivity index (χ4v) is 1.43. The van der Waals surface area contributed by atoms with E-state index in [9.17, 15) is 0 Å². The molecule has 0 aliphatic carbocycles. The summed E-state index contributed by atoms with van der Waals surface area (Å²) in [6.07, 6.45) is 0. The number of hydrogen-bond donors (Lipinski definition) is 1. The van der Waals surface area contributed by atoms with Gasteiger partial charge in [-0.2, -0.15) is 0 Å². The molecule has 1 saturated heterocycles. The van der Waals surface area contributed by atoms with Crippen LogP contribution in [-0.4, -0.2) is 49.5 Å². The van der Waals surface area contributed by atoms with Gasteiger partial charge in [-0.3, -0.25) is 4.90 Å². The Bertz CT molecular complexity index is 113. The quantitative estimate of drug-likeness (QED) is 0.624. The van der Waals surface area contributed by atoms with Crippen molar-refractivity contribution >= 4 is 0 Å². The van der Waals surface area contributed by atoms with Gasteiger partial charge in [-0.05, 0) is 6.92 Å². The van der Waals surface area contributed by atoms with Crippen LogP contribution in [0.15, 0.2) is 0 Å². The molecule has 1 aliphatic heterocycles. The molecule has 1 aliphatic rings. The van der Waals surface area contributed by atoms with Crippen LogP contribution in [0.1, 0.15) is 6.92 Å². The minimum Gasteiger partial charge on any atom is -0.396 e. The van der Waals surface area contributed by atoms with Gasteiger partial charge in [0, 0.05) is 38.8 Å². The van der Waals surface area contributed by atoms with E-state index in [0.29, 0.717) is 18.6 Å². The number of aliphatic hydroxyl groups is 1. The average Bonchev–Trinajstić information content (AvgIpc) is 1.86. The maximum absolute atomic E-state index is 8.76. The third-order valence-electron chi connectivity index (χ3n) is 2.27. The summed E-state index contributed by atoms with van der Waals surface area (Å²) in [6.45, 7) is 5.33. The molecule has 3 heteroatoms. The van der Waals surface area contributed by atoms with Gasteiger partial charge in [-0.1, -0.05) is 0 Å². The lowest BCUT2D eigenvalue weighted by Crippen LogP contribution is -2.53. The highest BCUT2D eigenvalue weighted by Gasteiger charge is 2.29. The SMILES string of the molecule is COCC(C)N1CC(CO)C1. The smallest absolute Gasteiger partial charge is 0.0615 e. The van der Waals surface area contributed by atoms with Gasteiger partial charge in [0.05, 0.1) is 6.61 Å². The second kappa shape index (κ2) is 4.04. The highest BCUT2D eigenvalue weighted by molar-refractivity contribution is 4.82. The summed E-state index contributed by atoms with van der Waals surface area (Å²) in [5.41, 5.74) is 0. The zero-order valence-electron chi connectivity index (χ0n) is 7.29. The molecule has 0 amide bonds. The summed E-state index contributed by atoms with van der Waals surface area (Å²) >= 11 is 0. The normalized spacial score (nSPS) is 23.2. The standard InChI is InChI=1S/C8H17NO2/c1-7(6-11-2)9-3-8(4-9)5-10/h7-8,10H,3-6H2,1-2H3. The summed E-state index contributed by atoms with van der Waals surface area (Å²) in [7, 11) is 1.72. The van der Waals surface area contributed by atoms with Crippen LogP contribution in [0.2, 0.25) is 0 Å². The summed E-state index contributed by atoms with van der Waals surface area (Å²) < 4.78 is 5.03. The van der Waals surface area contributed by atoms with E-state index < -0.39 is 0 Å².